The summed E-state index contributed by atoms with van der Waals surface area (Å²) in [7, 11) is 0. The van der Waals surface area contributed by atoms with Crippen molar-refractivity contribution in [1.82, 2.24) is 4.90 Å². The number of nitro groups is 1. The first-order valence-corrected chi connectivity index (χ1v) is 7.85. The first-order valence-electron chi connectivity index (χ1n) is 7.05. The maximum absolute atomic E-state index is 11.0. The molecule has 1 aromatic carbocycles. The second kappa shape index (κ2) is 7.20. The average molecular weight is 358 g/mol. The fraction of sp³-hybridized carbons (Fsp3) is 0.571. The predicted octanol–water partition coefficient (Wildman–Crippen LogP) is 2.17. The minimum atomic E-state index is -0.352. The summed E-state index contributed by atoms with van der Waals surface area (Å²) in [5.41, 5.74) is 1.82. The van der Waals surface area contributed by atoms with Crippen LogP contribution in [0, 0.1) is 17.0 Å². The number of aliphatic hydroxyl groups is 1. The van der Waals surface area contributed by atoms with Crippen molar-refractivity contribution < 1.29 is 10.0 Å². The van der Waals surface area contributed by atoms with Crippen LogP contribution in [0.3, 0.4) is 0 Å². The second-order valence-corrected chi connectivity index (χ2v) is 6.11. The molecule has 1 aliphatic heterocycles. The molecule has 0 aliphatic carbocycles. The standard InChI is InChI=1S/C14H20BrN3O3/c1-11-9-14(12(15)10-13(11)18(20)21)17-4-2-3-16(5-6-17)7-8-19/h9-10,19H,2-8H2,1H3. The van der Waals surface area contributed by atoms with Gasteiger partial charge in [-0.25, -0.2) is 0 Å². The molecule has 1 saturated heterocycles. The summed E-state index contributed by atoms with van der Waals surface area (Å²) in [6.07, 6.45) is 1.02. The molecule has 7 heteroatoms. The lowest BCUT2D eigenvalue weighted by Crippen LogP contribution is -2.32. The fourth-order valence-corrected chi connectivity index (χ4v) is 3.25. The lowest BCUT2D eigenvalue weighted by atomic mass is 10.1. The highest BCUT2D eigenvalue weighted by Gasteiger charge is 2.20. The highest BCUT2D eigenvalue weighted by Crippen LogP contribution is 2.33. The molecule has 21 heavy (non-hydrogen) atoms. The summed E-state index contributed by atoms with van der Waals surface area (Å²) < 4.78 is 0.760. The van der Waals surface area contributed by atoms with Crippen molar-refractivity contribution in [3.63, 3.8) is 0 Å². The van der Waals surface area contributed by atoms with Gasteiger partial charge in [-0.15, -0.1) is 0 Å². The lowest BCUT2D eigenvalue weighted by molar-refractivity contribution is -0.385. The first-order chi connectivity index (χ1) is 10.0. The molecule has 2 rings (SSSR count). The number of anilines is 1. The molecule has 1 heterocycles. The van der Waals surface area contributed by atoms with E-state index in [-0.39, 0.29) is 17.2 Å². The van der Waals surface area contributed by atoms with Crippen LogP contribution in [-0.2, 0) is 0 Å². The van der Waals surface area contributed by atoms with E-state index in [1.807, 2.05) is 6.07 Å². The van der Waals surface area contributed by atoms with E-state index >= 15 is 0 Å². The van der Waals surface area contributed by atoms with Crippen LogP contribution >= 0.6 is 15.9 Å². The Morgan fingerprint density at radius 1 is 1.33 bits per heavy atom. The van der Waals surface area contributed by atoms with Crippen molar-refractivity contribution in [2.75, 3.05) is 44.2 Å². The number of hydrogen-bond donors (Lipinski definition) is 1. The molecule has 0 bridgehead atoms. The second-order valence-electron chi connectivity index (χ2n) is 5.25. The van der Waals surface area contributed by atoms with Crippen molar-refractivity contribution in [2.24, 2.45) is 0 Å². The van der Waals surface area contributed by atoms with Crippen molar-refractivity contribution in [3.8, 4) is 0 Å². The number of β-amino-alcohol motifs (C(OH)–C–C–N with tert-alkyl or cyclic N) is 1. The topological polar surface area (TPSA) is 69.8 Å². The van der Waals surface area contributed by atoms with Crippen LogP contribution in [-0.4, -0.2) is 54.3 Å². The van der Waals surface area contributed by atoms with Gasteiger partial charge in [-0.1, -0.05) is 0 Å². The average Bonchev–Trinajstić information content (AvgIpc) is 2.67. The largest absolute Gasteiger partial charge is 0.395 e. The molecular weight excluding hydrogens is 338 g/mol. The molecule has 116 valence electrons. The van der Waals surface area contributed by atoms with Crippen molar-refractivity contribution in [3.05, 3.63) is 32.3 Å². The molecule has 0 atom stereocenters. The predicted molar refractivity (Wildman–Crippen MR) is 85.9 cm³/mol. The van der Waals surface area contributed by atoms with Crippen LogP contribution < -0.4 is 4.90 Å². The van der Waals surface area contributed by atoms with E-state index in [0.717, 1.165) is 42.8 Å². The third-order valence-electron chi connectivity index (χ3n) is 3.81. The normalized spacial score (nSPS) is 16.8. The Kier molecular flexibility index (Phi) is 5.55. The van der Waals surface area contributed by atoms with Gasteiger partial charge in [-0.05, 0) is 41.9 Å². The Morgan fingerprint density at radius 3 is 2.76 bits per heavy atom. The number of hydrogen-bond acceptors (Lipinski definition) is 5. The highest BCUT2D eigenvalue weighted by atomic mass is 79.9. The lowest BCUT2D eigenvalue weighted by Gasteiger charge is -2.25. The molecule has 0 spiro atoms. The summed E-state index contributed by atoms with van der Waals surface area (Å²) in [4.78, 5) is 15.1. The molecule has 1 aliphatic rings. The van der Waals surface area contributed by atoms with Gasteiger partial charge in [-0.3, -0.25) is 15.0 Å². The number of nitro benzene ring substituents is 1. The number of benzene rings is 1. The Morgan fingerprint density at radius 2 is 2.10 bits per heavy atom. The van der Waals surface area contributed by atoms with E-state index in [1.54, 1.807) is 13.0 Å². The molecule has 0 aromatic heterocycles. The van der Waals surface area contributed by atoms with Gasteiger partial charge in [0.15, 0.2) is 0 Å². The van der Waals surface area contributed by atoms with Crippen LogP contribution in [0.15, 0.2) is 16.6 Å². The Balaban J connectivity index is 2.18. The molecular formula is C14H20BrN3O3. The number of nitrogens with zero attached hydrogens (tertiary/aromatic N) is 3. The van der Waals surface area contributed by atoms with Crippen molar-refractivity contribution >= 4 is 27.3 Å². The third kappa shape index (κ3) is 3.93. The zero-order chi connectivity index (χ0) is 15.4. The van der Waals surface area contributed by atoms with E-state index in [1.165, 1.54) is 0 Å². The molecule has 0 amide bonds. The van der Waals surface area contributed by atoms with Crippen LogP contribution in [0.1, 0.15) is 12.0 Å². The molecule has 1 N–H and O–H groups in total. The van der Waals surface area contributed by atoms with Gasteiger partial charge in [0.05, 0.1) is 17.2 Å². The van der Waals surface area contributed by atoms with E-state index in [4.69, 9.17) is 5.11 Å². The number of aryl methyl sites for hydroxylation is 1. The van der Waals surface area contributed by atoms with E-state index < -0.39 is 0 Å². The molecule has 0 unspecified atom stereocenters. The van der Waals surface area contributed by atoms with Crippen LogP contribution in [0.5, 0.6) is 0 Å². The quantitative estimate of drug-likeness (QED) is 0.660. The van der Waals surface area contributed by atoms with Gasteiger partial charge in [0, 0.05) is 42.3 Å². The SMILES string of the molecule is Cc1cc(N2CCCN(CCO)CC2)c(Br)cc1[N+](=O)[O-]. The Labute approximate surface area is 132 Å². The summed E-state index contributed by atoms with van der Waals surface area (Å²) in [5, 5.41) is 20.0. The van der Waals surface area contributed by atoms with E-state index in [2.05, 4.69) is 25.7 Å². The zero-order valence-corrected chi connectivity index (χ0v) is 13.7. The Bertz CT molecular complexity index is 524. The molecule has 6 nitrogen and oxygen atoms in total. The molecule has 0 radical (unpaired) electrons. The molecule has 1 aromatic rings. The summed E-state index contributed by atoms with van der Waals surface area (Å²) in [6.45, 7) is 6.29. The van der Waals surface area contributed by atoms with Crippen LogP contribution in [0.25, 0.3) is 0 Å². The minimum Gasteiger partial charge on any atom is -0.395 e. The number of halogens is 1. The summed E-state index contributed by atoms with van der Waals surface area (Å²) >= 11 is 3.46. The van der Waals surface area contributed by atoms with Gasteiger partial charge in [0.1, 0.15) is 0 Å². The van der Waals surface area contributed by atoms with Crippen molar-refractivity contribution in [1.29, 1.82) is 0 Å². The highest BCUT2D eigenvalue weighted by molar-refractivity contribution is 9.10. The summed E-state index contributed by atoms with van der Waals surface area (Å²) in [6, 6.07) is 3.46. The maximum atomic E-state index is 11.0. The van der Waals surface area contributed by atoms with E-state index in [0.29, 0.717) is 12.1 Å². The van der Waals surface area contributed by atoms with Gasteiger partial charge >= 0.3 is 0 Å². The van der Waals surface area contributed by atoms with E-state index in [9.17, 15) is 10.1 Å². The molecule has 1 fully saturated rings. The zero-order valence-electron chi connectivity index (χ0n) is 12.1. The van der Waals surface area contributed by atoms with Crippen molar-refractivity contribution in [2.45, 2.75) is 13.3 Å². The van der Waals surface area contributed by atoms with Gasteiger partial charge in [0.2, 0.25) is 0 Å². The van der Waals surface area contributed by atoms with Crippen LogP contribution in [0.2, 0.25) is 0 Å². The van der Waals surface area contributed by atoms with Gasteiger partial charge < -0.3 is 10.0 Å². The minimum absolute atomic E-state index is 0.141. The van der Waals surface area contributed by atoms with Gasteiger partial charge in [0.25, 0.3) is 5.69 Å². The molecule has 0 saturated carbocycles. The fourth-order valence-electron chi connectivity index (χ4n) is 2.67. The maximum Gasteiger partial charge on any atom is 0.273 e. The Hall–Kier alpha value is -1.18. The number of aliphatic hydroxyl groups excluding tert-OH is 1. The monoisotopic (exact) mass is 357 g/mol. The number of rotatable bonds is 4. The van der Waals surface area contributed by atoms with Gasteiger partial charge in [-0.2, -0.15) is 0 Å². The smallest absolute Gasteiger partial charge is 0.273 e. The summed E-state index contributed by atoms with van der Waals surface area (Å²) in [5.74, 6) is 0. The first kappa shape index (κ1) is 16.2. The third-order valence-corrected chi connectivity index (χ3v) is 4.44. The van der Waals surface area contributed by atoms with Crippen LogP contribution in [0.4, 0.5) is 11.4 Å².